The molecule has 0 saturated carbocycles. The molecule has 0 aliphatic carbocycles. The number of pyridine rings is 1. The van der Waals surface area contributed by atoms with Crippen LogP contribution in [0.2, 0.25) is 0 Å². The van der Waals surface area contributed by atoms with Gasteiger partial charge in [0.1, 0.15) is 0 Å². The fourth-order valence-corrected chi connectivity index (χ4v) is 10.6. The molecule has 0 bridgehead atoms. The smallest absolute Gasteiger partial charge is 0.0621 e. The maximum absolute atomic E-state index is 4.77. The Hall–Kier alpha value is -8.33. The Bertz CT molecular complexity index is 3880. The second-order valence-electron chi connectivity index (χ2n) is 16.6. The van der Waals surface area contributed by atoms with Gasteiger partial charge < -0.3 is 4.57 Å². The molecule has 13 rings (SSSR count). The van der Waals surface area contributed by atoms with Crippen LogP contribution in [-0.2, 0) is 0 Å². The molecule has 0 radical (unpaired) electrons. The van der Waals surface area contributed by atoms with Crippen LogP contribution in [0.3, 0.4) is 0 Å². The lowest BCUT2D eigenvalue weighted by atomic mass is 9.84. The number of rotatable bonds is 5. The van der Waals surface area contributed by atoms with Gasteiger partial charge in [0.25, 0.3) is 0 Å². The van der Waals surface area contributed by atoms with Crippen molar-refractivity contribution in [2.24, 2.45) is 0 Å². The molecule has 63 heavy (non-hydrogen) atoms. The van der Waals surface area contributed by atoms with Gasteiger partial charge in [-0.2, -0.15) is 0 Å². The highest BCUT2D eigenvalue weighted by Crippen LogP contribution is 2.49. The van der Waals surface area contributed by atoms with Gasteiger partial charge in [-0.05, 0) is 100 Å². The number of aromatic nitrogens is 2. The van der Waals surface area contributed by atoms with Crippen LogP contribution < -0.4 is 0 Å². The van der Waals surface area contributed by atoms with Crippen molar-refractivity contribution in [3.63, 3.8) is 0 Å². The summed E-state index contributed by atoms with van der Waals surface area (Å²) in [6.07, 6.45) is 3.99. The van der Waals surface area contributed by atoms with E-state index in [2.05, 4.69) is 229 Å². The summed E-state index contributed by atoms with van der Waals surface area (Å²) in [5.74, 6) is 0. The Balaban J connectivity index is 1.15. The summed E-state index contributed by atoms with van der Waals surface area (Å²) in [4.78, 5) is 4.77. The Morgan fingerprint density at radius 2 is 0.714 bits per heavy atom. The minimum absolute atomic E-state index is 1.13. The summed E-state index contributed by atoms with van der Waals surface area (Å²) in [5, 5.41) is 14.6. The molecule has 0 atom stereocenters. The Morgan fingerprint density at radius 3 is 1.25 bits per heavy atom. The quantitative estimate of drug-likeness (QED) is 0.159. The van der Waals surface area contributed by atoms with E-state index in [1.807, 2.05) is 6.20 Å². The van der Waals surface area contributed by atoms with Crippen molar-refractivity contribution in [3.05, 3.63) is 231 Å². The van der Waals surface area contributed by atoms with E-state index in [4.69, 9.17) is 4.98 Å². The predicted octanol–water partition coefficient (Wildman–Crippen LogP) is 16.6. The van der Waals surface area contributed by atoms with Gasteiger partial charge in [0.2, 0.25) is 0 Å². The average molecular weight is 799 g/mol. The molecule has 292 valence electrons. The Kier molecular flexibility index (Phi) is 7.94. The van der Waals surface area contributed by atoms with Crippen molar-refractivity contribution in [1.82, 2.24) is 9.55 Å². The van der Waals surface area contributed by atoms with Crippen molar-refractivity contribution < 1.29 is 0 Å². The van der Waals surface area contributed by atoms with Crippen molar-refractivity contribution in [2.45, 2.75) is 0 Å². The maximum atomic E-state index is 4.77. The molecule has 2 heterocycles. The largest absolute Gasteiger partial charge is 0.307 e. The van der Waals surface area contributed by atoms with Crippen LogP contribution >= 0.6 is 0 Å². The zero-order valence-electron chi connectivity index (χ0n) is 34.3. The third-order valence-corrected chi connectivity index (χ3v) is 13.2. The van der Waals surface area contributed by atoms with Crippen LogP contribution in [0.4, 0.5) is 0 Å². The SMILES string of the molecule is c1ccc(-c2c3ccccc3c(-c3ccccc3)c3cc(-c4cc5c6cnccc6n(-c6c7ccccc7c(-c7ccccc7)c7ccccc67)c5c5ccccc45)ccc23)cc1. The summed E-state index contributed by atoms with van der Waals surface area (Å²) in [7, 11) is 0. The normalized spacial score (nSPS) is 11.8. The molecule has 2 aromatic heterocycles. The van der Waals surface area contributed by atoms with E-state index in [1.165, 1.54) is 115 Å². The lowest BCUT2D eigenvalue weighted by Gasteiger charge is -2.20. The monoisotopic (exact) mass is 798 g/mol. The summed E-state index contributed by atoms with van der Waals surface area (Å²) in [5.41, 5.74) is 13.3. The van der Waals surface area contributed by atoms with Crippen LogP contribution in [-0.4, -0.2) is 9.55 Å². The average Bonchev–Trinajstić information content (AvgIpc) is 3.69. The van der Waals surface area contributed by atoms with E-state index >= 15 is 0 Å². The van der Waals surface area contributed by atoms with Crippen LogP contribution in [0.25, 0.3) is 126 Å². The van der Waals surface area contributed by atoms with E-state index in [1.54, 1.807) is 0 Å². The summed E-state index contributed by atoms with van der Waals surface area (Å²) in [6.45, 7) is 0. The number of hydrogen-bond acceptors (Lipinski definition) is 1. The van der Waals surface area contributed by atoms with E-state index in [-0.39, 0.29) is 0 Å². The second-order valence-corrected chi connectivity index (χ2v) is 16.6. The van der Waals surface area contributed by atoms with Crippen LogP contribution in [0, 0.1) is 0 Å². The van der Waals surface area contributed by atoms with E-state index in [0.717, 1.165) is 10.9 Å². The van der Waals surface area contributed by atoms with Gasteiger partial charge in [0.05, 0.1) is 16.7 Å². The Labute approximate surface area is 364 Å². The standard InChI is InChI=1S/C61H38N2/c1-4-18-39(19-5-1)57-44-25-11-12-26-45(44)59(41-22-8-3-9-23-41)53-36-42(32-33-48(53)57)52-37-54-55-38-62-35-34-56(55)63(61(54)49-29-15-10-24-43(49)52)60-50-30-16-13-27-46(50)58(40-20-6-2-7-21-40)47-28-14-17-31-51(47)60/h1-38H. The zero-order chi connectivity index (χ0) is 41.4. The number of nitrogens with zero attached hydrogens (tertiary/aromatic N) is 2. The molecular formula is C61H38N2. The molecule has 13 aromatic rings. The summed E-state index contributed by atoms with van der Waals surface area (Å²) in [6, 6.07) is 80.1. The fourth-order valence-electron chi connectivity index (χ4n) is 10.6. The summed E-state index contributed by atoms with van der Waals surface area (Å²) >= 11 is 0. The van der Waals surface area contributed by atoms with Crippen molar-refractivity contribution in [2.75, 3.05) is 0 Å². The predicted molar refractivity (Wildman–Crippen MR) is 268 cm³/mol. The minimum Gasteiger partial charge on any atom is -0.307 e. The zero-order valence-corrected chi connectivity index (χ0v) is 34.3. The lowest BCUT2D eigenvalue weighted by molar-refractivity contribution is 1.21. The minimum atomic E-state index is 1.13. The van der Waals surface area contributed by atoms with Gasteiger partial charge in [-0.25, -0.2) is 0 Å². The second kappa shape index (κ2) is 14.1. The third-order valence-electron chi connectivity index (χ3n) is 13.2. The van der Waals surface area contributed by atoms with Gasteiger partial charge in [-0.15, -0.1) is 0 Å². The van der Waals surface area contributed by atoms with Crippen LogP contribution in [0.1, 0.15) is 0 Å². The highest BCUT2D eigenvalue weighted by atomic mass is 15.0. The van der Waals surface area contributed by atoms with Gasteiger partial charge >= 0.3 is 0 Å². The molecule has 0 fully saturated rings. The third kappa shape index (κ3) is 5.35. The van der Waals surface area contributed by atoms with Crippen molar-refractivity contribution in [1.29, 1.82) is 0 Å². The first-order valence-electron chi connectivity index (χ1n) is 21.7. The first-order valence-corrected chi connectivity index (χ1v) is 21.7. The van der Waals surface area contributed by atoms with Crippen molar-refractivity contribution >= 4 is 75.7 Å². The Morgan fingerprint density at radius 1 is 0.286 bits per heavy atom. The molecule has 0 saturated heterocycles. The van der Waals surface area contributed by atoms with Crippen molar-refractivity contribution in [3.8, 4) is 50.2 Å². The van der Waals surface area contributed by atoms with Crippen LogP contribution in [0.5, 0.6) is 0 Å². The number of hydrogen-bond donors (Lipinski definition) is 0. The van der Waals surface area contributed by atoms with Gasteiger partial charge in [-0.1, -0.05) is 200 Å². The first kappa shape index (κ1) is 35.4. The molecule has 2 nitrogen and oxygen atoms in total. The lowest BCUT2D eigenvalue weighted by Crippen LogP contribution is -2.00. The highest BCUT2D eigenvalue weighted by molar-refractivity contribution is 6.27. The maximum Gasteiger partial charge on any atom is 0.0621 e. The molecule has 0 aliphatic heterocycles. The first-order chi connectivity index (χ1) is 31.3. The summed E-state index contributed by atoms with van der Waals surface area (Å²) < 4.78 is 2.53. The van der Waals surface area contributed by atoms with E-state index < -0.39 is 0 Å². The molecule has 0 amide bonds. The molecule has 0 spiro atoms. The fraction of sp³-hybridized carbons (Fsp3) is 0. The molecule has 0 N–H and O–H groups in total. The molecular weight excluding hydrogens is 761 g/mol. The van der Waals surface area contributed by atoms with E-state index in [0.29, 0.717) is 0 Å². The van der Waals surface area contributed by atoms with Crippen LogP contribution in [0.15, 0.2) is 231 Å². The number of benzene rings is 11. The highest BCUT2D eigenvalue weighted by Gasteiger charge is 2.24. The number of fused-ring (bicyclic) bond motifs is 9. The molecule has 11 aromatic carbocycles. The van der Waals surface area contributed by atoms with Gasteiger partial charge in [0, 0.05) is 39.3 Å². The molecule has 2 heteroatoms. The topological polar surface area (TPSA) is 17.8 Å². The van der Waals surface area contributed by atoms with Gasteiger partial charge in [-0.3, -0.25) is 4.98 Å². The van der Waals surface area contributed by atoms with Gasteiger partial charge in [0.15, 0.2) is 0 Å². The van der Waals surface area contributed by atoms with E-state index in [9.17, 15) is 0 Å². The molecule has 0 aliphatic rings. The molecule has 0 unspecified atom stereocenters.